The van der Waals surface area contributed by atoms with Crippen molar-refractivity contribution in [3.63, 3.8) is 0 Å². The molecule has 2 saturated heterocycles. The molecule has 0 aliphatic carbocycles. The van der Waals surface area contributed by atoms with E-state index in [-0.39, 0.29) is 12.0 Å². The first-order valence-corrected chi connectivity index (χ1v) is 11.8. The lowest BCUT2D eigenvalue weighted by Crippen LogP contribution is -2.37. The zero-order chi connectivity index (χ0) is 23.5. The summed E-state index contributed by atoms with van der Waals surface area (Å²) in [6, 6.07) is 20.0. The molecule has 1 atom stereocenters. The van der Waals surface area contributed by atoms with Gasteiger partial charge in [0.05, 0.1) is 19.8 Å². The Bertz CT molecular complexity index is 1270. The molecule has 0 spiro atoms. The van der Waals surface area contributed by atoms with Crippen LogP contribution in [0.4, 0.5) is 0 Å². The number of fused-ring (bicyclic) bond motifs is 1. The number of hydrogen-bond acceptors (Lipinski definition) is 5. The van der Waals surface area contributed by atoms with Gasteiger partial charge in [-0.1, -0.05) is 36.4 Å². The van der Waals surface area contributed by atoms with Crippen LogP contribution < -0.4 is 14.8 Å². The van der Waals surface area contributed by atoms with Crippen molar-refractivity contribution < 1.29 is 19.0 Å². The Morgan fingerprint density at radius 1 is 1.15 bits per heavy atom. The summed E-state index contributed by atoms with van der Waals surface area (Å²) >= 11 is 5.40. The molecule has 3 aromatic carbocycles. The highest BCUT2D eigenvalue weighted by molar-refractivity contribution is 7.80. The van der Waals surface area contributed by atoms with Crippen molar-refractivity contribution in [1.82, 2.24) is 10.2 Å². The van der Waals surface area contributed by atoms with E-state index in [2.05, 4.69) is 17.4 Å². The van der Waals surface area contributed by atoms with Crippen molar-refractivity contribution in [2.75, 3.05) is 20.3 Å². The topological polar surface area (TPSA) is 60.0 Å². The molecule has 7 heteroatoms. The number of ether oxygens (including phenoxy) is 3. The predicted octanol–water partition coefficient (Wildman–Crippen LogP) is 4.66. The van der Waals surface area contributed by atoms with Crippen LogP contribution in [0.3, 0.4) is 0 Å². The number of nitrogens with zero attached hydrogens (tertiary/aromatic N) is 1. The van der Waals surface area contributed by atoms with E-state index in [0.29, 0.717) is 24.0 Å². The standard InChI is InChI=1S/C27H26N2O4S/c1-31-25-11-8-18(14-24-26(30)29(27(34)28-24)16-23-7-4-12-32-23)13-21(25)17-33-22-10-9-19-5-2-3-6-20(19)15-22/h2-3,5-6,8-11,13-15,23H,4,7,12,16-17H2,1H3,(H,28,34)/b24-14+. The van der Waals surface area contributed by atoms with E-state index in [1.807, 2.05) is 54.6 Å². The molecule has 1 unspecified atom stereocenters. The summed E-state index contributed by atoms with van der Waals surface area (Å²) in [4.78, 5) is 14.5. The highest BCUT2D eigenvalue weighted by atomic mass is 32.1. The van der Waals surface area contributed by atoms with Crippen molar-refractivity contribution in [3.8, 4) is 11.5 Å². The van der Waals surface area contributed by atoms with Gasteiger partial charge < -0.3 is 19.5 Å². The van der Waals surface area contributed by atoms with Gasteiger partial charge in [0.25, 0.3) is 5.91 Å². The molecule has 174 valence electrons. The van der Waals surface area contributed by atoms with Crippen LogP contribution in [-0.2, 0) is 16.1 Å². The fraction of sp³-hybridized carbons (Fsp3) is 0.259. The van der Waals surface area contributed by atoms with Gasteiger partial charge in [0.15, 0.2) is 5.11 Å². The molecule has 0 saturated carbocycles. The summed E-state index contributed by atoms with van der Waals surface area (Å²) in [6.07, 6.45) is 3.82. The van der Waals surface area contributed by atoms with Crippen molar-refractivity contribution in [1.29, 1.82) is 0 Å². The van der Waals surface area contributed by atoms with Gasteiger partial charge in [-0.25, -0.2) is 0 Å². The average molecular weight is 475 g/mol. The van der Waals surface area contributed by atoms with Gasteiger partial charge in [-0.15, -0.1) is 0 Å². The predicted molar refractivity (Wildman–Crippen MR) is 136 cm³/mol. The van der Waals surface area contributed by atoms with Crippen molar-refractivity contribution >= 4 is 40.1 Å². The molecule has 34 heavy (non-hydrogen) atoms. The van der Waals surface area contributed by atoms with E-state index in [1.165, 1.54) is 5.39 Å². The maximum atomic E-state index is 12.9. The van der Waals surface area contributed by atoms with Gasteiger partial charge in [-0.3, -0.25) is 9.69 Å². The van der Waals surface area contributed by atoms with E-state index in [4.69, 9.17) is 26.4 Å². The Hall–Kier alpha value is -3.42. The molecule has 5 rings (SSSR count). The molecule has 2 heterocycles. The Morgan fingerprint density at radius 2 is 2.00 bits per heavy atom. The number of hydrogen-bond donors (Lipinski definition) is 1. The second kappa shape index (κ2) is 9.83. The SMILES string of the molecule is COc1ccc(/C=C2/NC(=S)N(CC3CCCO3)C2=O)cc1COc1ccc2ccccc2c1. The van der Waals surface area contributed by atoms with Crippen LogP contribution in [0.2, 0.25) is 0 Å². The Balaban J connectivity index is 1.32. The van der Waals surface area contributed by atoms with Gasteiger partial charge in [0.2, 0.25) is 0 Å². The van der Waals surface area contributed by atoms with Crippen LogP contribution in [-0.4, -0.2) is 42.3 Å². The molecule has 0 bridgehead atoms. The Morgan fingerprint density at radius 3 is 2.79 bits per heavy atom. The summed E-state index contributed by atoms with van der Waals surface area (Å²) in [5.41, 5.74) is 2.19. The summed E-state index contributed by atoms with van der Waals surface area (Å²) in [5, 5.41) is 5.76. The van der Waals surface area contributed by atoms with Crippen LogP contribution in [0.25, 0.3) is 16.8 Å². The van der Waals surface area contributed by atoms with E-state index in [9.17, 15) is 4.79 Å². The number of carbonyl (C=O) groups excluding carboxylic acids is 1. The molecule has 2 fully saturated rings. The number of benzene rings is 3. The molecule has 1 N–H and O–H groups in total. The Labute approximate surface area is 204 Å². The smallest absolute Gasteiger partial charge is 0.276 e. The highest BCUT2D eigenvalue weighted by Crippen LogP contribution is 2.26. The maximum absolute atomic E-state index is 12.9. The zero-order valence-electron chi connectivity index (χ0n) is 19.0. The second-order valence-electron chi connectivity index (χ2n) is 8.41. The van der Waals surface area contributed by atoms with Crippen LogP contribution in [0.15, 0.2) is 66.4 Å². The number of amides is 1. The normalized spacial score (nSPS) is 19.1. The minimum Gasteiger partial charge on any atom is -0.496 e. The fourth-order valence-electron chi connectivity index (χ4n) is 4.32. The van der Waals surface area contributed by atoms with Crippen molar-refractivity contribution in [2.45, 2.75) is 25.6 Å². The fourth-order valence-corrected chi connectivity index (χ4v) is 4.58. The second-order valence-corrected chi connectivity index (χ2v) is 8.79. The van der Waals surface area contributed by atoms with Gasteiger partial charge >= 0.3 is 0 Å². The van der Waals surface area contributed by atoms with E-state index in [1.54, 1.807) is 12.0 Å². The molecule has 0 radical (unpaired) electrons. The lowest BCUT2D eigenvalue weighted by atomic mass is 10.1. The third kappa shape index (κ3) is 4.76. The molecular formula is C27H26N2O4S. The lowest BCUT2D eigenvalue weighted by Gasteiger charge is -2.18. The van der Waals surface area contributed by atoms with Crippen molar-refractivity contribution in [3.05, 3.63) is 77.5 Å². The molecular weight excluding hydrogens is 448 g/mol. The highest BCUT2D eigenvalue weighted by Gasteiger charge is 2.33. The first-order chi connectivity index (χ1) is 16.6. The minimum atomic E-state index is -0.134. The van der Waals surface area contributed by atoms with Gasteiger partial charge in [-0.05, 0) is 71.7 Å². The average Bonchev–Trinajstić information content (AvgIpc) is 3.47. The van der Waals surface area contributed by atoms with Crippen LogP contribution in [0, 0.1) is 0 Å². The maximum Gasteiger partial charge on any atom is 0.276 e. The summed E-state index contributed by atoms with van der Waals surface area (Å²) in [7, 11) is 1.64. The molecule has 6 nitrogen and oxygen atoms in total. The van der Waals surface area contributed by atoms with E-state index in [0.717, 1.165) is 47.5 Å². The summed E-state index contributed by atoms with van der Waals surface area (Å²) in [5.74, 6) is 1.38. The minimum absolute atomic E-state index is 0.0443. The molecule has 1 amide bonds. The van der Waals surface area contributed by atoms with Crippen LogP contribution >= 0.6 is 12.2 Å². The van der Waals surface area contributed by atoms with E-state index >= 15 is 0 Å². The molecule has 2 aliphatic heterocycles. The molecule has 2 aliphatic rings. The summed E-state index contributed by atoms with van der Waals surface area (Å²) < 4.78 is 17.3. The van der Waals surface area contributed by atoms with Gasteiger partial charge in [-0.2, -0.15) is 0 Å². The quantitative estimate of drug-likeness (QED) is 0.397. The monoisotopic (exact) mass is 474 g/mol. The van der Waals surface area contributed by atoms with Crippen molar-refractivity contribution in [2.24, 2.45) is 0 Å². The largest absolute Gasteiger partial charge is 0.496 e. The number of rotatable bonds is 7. The van der Waals surface area contributed by atoms with Crippen LogP contribution in [0.5, 0.6) is 11.5 Å². The molecule has 3 aromatic rings. The number of carbonyl (C=O) groups is 1. The van der Waals surface area contributed by atoms with Gasteiger partial charge in [0, 0.05) is 12.2 Å². The summed E-state index contributed by atoms with van der Waals surface area (Å²) in [6.45, 7) is 1.56. The van der Waals surface area contributed by atoms with E-state index < -0.39 is 0 Å². The third-order valence-corrected chi connectivity index (χ3v) is 6.43. The number of nitrogens with one attached hydrogen (secondary N) is 1. The molecule has 0 aromatic heterocycles. The number of thiocarbonyl (C=S) groups is 1. The number of methoxy groups -OCH3 is 1. The lowest BCUT2D eigenvalue weighted by molar-refractivity contribution is -0.123. The first kappa shape index (κ1) is 22.4. The third-order valence-electron chi connectivity index (χ3n) is 6.10. The zero-order valence-corrected chi connectivity index (χ0v) is 19.8. The van der Waals surface area contributed by atoms with Crippen LogP contribution in [0.1, 0.15) is 24.0 Å². The van der Waals surface area contributed by atoms with Gasteiger partial charge in [0.1, 0.15) is 23.8 Å². The first-order valence-electron chi connectivity index (χ1n) is 11.4. The Kier molecular flexibility index (Phi) is 6.47.